The summed E-state index contributed by atoms with van der Waals surface area (Å²) in [5.41, 5.74) is 1.38. The van der Waals surface area contributed by atoms with E-state index >= 15 is 0 Å². The third-order valence-electron chi connectivity index (χ3n) is 3.86. The van der Waals surface area contributed by atoms with Crippen molar-refractivity contribution in [2.45, 2.75) is 44.4 Å². The summed E-state index contributed by atoms with van der Waals surface area (Å²) in [6.45, 7) is 9.10. The van der Waals surface area contributed by atoms with E-state index in [2.05, 4.69) is 5.32 Å². The second-order valence-electron chi connectivity index (χ2n) is 7.43. The van der Waals surface area contributed by atoms with Gasteiger partial charge >= 0.3 is 0 Å². The number of sulfone groups is 1. The van der Waals surface area contributed by atoms with Gasteiger partial charge in [-0.3, -0.25) is 4.79 Å². The standard InChI is InChI=1S/C21H25NO3S2/c1-15-6-10-17(11-7-15)26-14-19(22-20(23)21(3,4)5)27(24,25)18-12-8-16(2)9-13-18/h6-14H,1-5H3,(H,22,23). The molecule has 0 aliphatic heterocycles. The number of carbonyl (C=O) groups excluding carboxylic acids is 1. The number of thioether (sulfide) groups is 1. The van der Waals surface area contributed by atoms with Crippen molar-refractivity contribution in [2.24, 2.45) is 5.41 Å². The summed E-state index contributed by atoms with van der Waals surface area (Å²) in [7, 11) is -3.84. The third kappa shape index (κ3) is 5.71. The van der Waals surface area contributed by atoms with Gasteiger partial charge in [0.2, 0.25) is 15.7 Å². The molecule has 0 heterocycles. The van der Waals surface area contributed by atoms with Gasteiger partial charge in [0.05, 0.1) is 4.90 Å². The van der Waals surface area contributed by atoms with Crippen LogP contribution in [0, 0.1) is 19.3 Å². The van der Waals surface area contributed by atoms with Gasteiger partial charge in [-0.25, -0.2) is 8.42 Å². The zero-order valence-electron chi connectivity index (χ0n) is 16.2. The van der Waals surface area contributed by atoms with Crippen molar-refractivity contribution in [1.82, 2.24) is 5.32 Å². The van der Waals surface area contributed by atoms with E-state index in [4.69, 9.17) is 0 Å². The second kappa shape index (κ2) is 8.31. The Bertz CT molecular complexity index is 936. The van der Waals surface area contributed by atoms with Crippen molar-refractivity contribution in [3.63, 3.8) is 0 Å². The molecule has 0 unspecified atom stereocenters. The first-order valence-corrected chi connectivity index (χ1v) is 10.9. The molecule has 0 aliphatic carbocycles. The molecule has 0 radical (unpaired) electrons. The molecule has 6 heteroatoms. The predicted octanol–water partition coefficient (Wildman–Crippen LogP) is 4.83. The van der Waals surface area contributed by atoms with Gasteiger partial charge in [-0.1, -0.05) is 67.9 Å². The first-order valence-electron chi connectivity index (χ1n) is 8.57. The lowest BCUT2D eigenvalue weighted by molar-refractivity contribution is -0.127. The van der Waals surface area contributed by atoms with Crippen molar-refractivity contribution < 1.29 is 13.2 Å². The molecule has 1 amide bonds. The summed E-state index contributed by atoms with van der Waals surface area (Å²) in [4.78, 5) is 13.5. The molecule has 2 rings (SSSR count). The number of carbonyl (C=O) groups is 1. The smallest absolute Gasteiger partial charge is 0.230 e. The second-order valence-corrected chi connectivity index (χ2v) is 10.3. The van der Waals surface area contributed by atoms with E-state index in [-0.39, 0.29) is 15.8 Å². The Morgan fingerprint density at radius 2 is 1.41 bits per heavy atom. The Morgan fingerprint density at radius 3 is 1.89 bits per heavy atom. The van der Waals surface area contributed by atoms with Crippen molar-refractivity contribution in [3.8, 4) is 0 Å². The quantitative estimate of drug-likeness (QED) is 0.726. The third-order valence-corrected chi connectivity index (χ3v) is 6.60. The van der Waals surface area contributed by atoms with Crippen LogP contribution in [0.1, 0.15) is 31.9 Å². The van der Waals surface area contributed by atoms with Gasteiger partial charge in [-0.15, -0.1) is 0 Å². The number of hydrogen-bond acceptors (Lipinski definition) is 4. The molecule has 0 saturated heterocycles. The summed E-state index contributed by atoms with van der Waals surface area (Å²) >= 11 is 1.26. The minimum atomic E-state index is -3.84. The van der Waals surface area contributed by atoms with Crippen LogP contribution >= 0.6 is 11.8 Å². The van der Waals surface area contributed by atoms with Crippen molar-refractivity contribution in [3.05, 3.63) is 70.1 Å². The van der Waals surface area contributed by atoms with Crippen LogP contribution < -0.4 is 5.32 Å². The number of nitrogens with one attached hydrogen (secondary N) is 1. The highest BCUT2D eigenvalue weighted by Crippen LogP contribution is 2.26. The molecule has 0 fully saturated rings. The minimum absolute atomic E-state index is 0.114. The van der Waals surface area contributed by atoms with E-state index < -0.39 is 15.3 Å². The summed E-state index contributed by atoms with van der Waals surface area (Å²) in [5, 5.41) is 3.98. The fourth-order valence-electron chi connectivity index (χ4n) is 2.04. The molecule has 0 aromatic heterocycles. The average Bonchev–Trinajstić information content (AvgIpc) is 2.59. The Kier molecular flexibility index (Phi) is 6.54. The van der Waals surface area contributed by atoms with Gasteiger partial charge in [0.1, 0.15) is 5.03 Å². The maximum absolute atomic E-state index is 13.1. The Labute approximate surface area is 166 Å². The van der Waals surface area contributed by atoms with Gasteiger partial charge in [0, 0.05) is 15.7 Å². The summed E-state index contributed by atoms with van der Waals surface area (Å²) in [6.07, 6.45) is 0. The molecule has 27 heavy (non-hydrogen) atoms. The SMILES string of the molecule is Cc1ccc(SC=C(NC(=O)C(C)(C)C)S(=O)(=O)c2ccc(C)cc2)cc1. The molecule has 144 valence electrons. The number of hydrogen-bond donors (Lipinski definition) is 1. The highest BCUT2D eigenvalue weighted by Gasteiger charge is 2.28. The summed E-state index contributed by atoms with van der Waals surface area (Å²) in [6, 6.07) is 14.3. The molecule has 1 N–H and O–H groups in total. The van der Waals surface area contributed by atoms with Crippen molar-refractivity contribution >= 4 is 27.5 Å². The number of benzene rings is 2. The molecule has 0 spiro atoms. The first-order chi connectivity index (χ1) is 12.5. The minimum Gasteiger partial charge on any atom is -0.315 e. The van der Waals surface area contributed by atoms with Gasteiger partial charge in [-0.05, 0) is 38.1 Å². The van der Waals surface area contributed by atoms with E-state index in [1.807, 2.05) is 38.1 Å². The zero-order chi connectivity index (χ0) is 20.2. The maximum Gasteiger partial charge on any atom is 0.230 e. The van der Waals surface area contributed by atoms with E-state index in [0.717, 1.165) is 16.0 Å². The van der Waals surface area contributed by atoms with Gasteiger partial charge < -0.3 is 5.32 Å². The van der Waals surface area contributed by atoms with E-state index in [1.165, 1.54) is 17.2 Å². The highest BCUT2D eigenvalue weighted by molar-refractivity contribution is 8.03. The summed E-state index contributed by atoms with van der Waals surface area (Å²) < 4.78 is 26.2. The van der Waals surface area contributed by atoms with Crippen LogP contribution in [0.2, 0.25) is 0 Å². The number of aryl methyl sites for hydroxylation is 2. The van der Waals surface area contributed by atoms with Gasteiger partial charge in [0.15, 0.2) is 0 Å². The molecule has 4 nitrogen and oxygen atoms in total. The molecule has 0 saturated carbocycles. The Hall–Kier alpha value is -2.05. The molecular weight excluding hydrogens is 378 g/mol. The maximum atomic E-state index is 13.1. The van der Waals surface area contributed by atoms with E-state index in [1.54, 1.807) is 45.0 Å². The van der Waals surface area contributed by atoms with Crippen LogP contribution in [-0.4, -0.2) is 14.3 Å². The fraction of sp³-hybridized carbons (Fsp3) is 0.286. The van der Waals surface area contributed by atoms with Crippen LogP contribution in [0.5, 0.6) is 0 Å². The molecule has 0 bridgehead atoms. The fourth-order valence-corrected chi connectivity index (χ4v) is 4.26. The van der Waals surface area contributed by atoms with Gasteiger partial charge in [-0.2, -0.15) is 0 Å². The normalized spacial score (nSPS) is 12.7. The predicted molar refractivity (Wildman–Crippen MR) is 111 cm³/mol. The van der Waals surface area contributed by atoms with E-state index in [9.17, 15) is 13.2 Å². The lowest BCUT2D eigenvalue weighted by atomic mass is 9.96. The first kappa shape index (κ1) is 21.3. The molecule has 0 aliphatic rings. The molecule has 0 atom stereocenters. The zero-order valence-corrected chi connectivity index (χ0v) is 17.9. The van der Waals surface area contributed by atoms with E-state index in [0.29, 0.717) is 0 Å². The molecule has 2 aromatic carbocycles. The Morgan fingerprint density at radius 1 is 0.926 bits per heavy atom. The Balaban J connectivity index is 2.41. The van der Waals surface area contributed by atoms with Crippen LogP contribution in [0.4, 0.5) is 0 Å². The van der Waals surface area contributed by atoms with Crippen LogP contribution in [0.25, 0.3) is 0 Å². The monoisotopic (exact) mass is 403 g/mol. The van der Waals surface area contributed by atoms with Crippen LogP contribution in [0.15, 0.2) is 68.8 Å². The lowest BCUT2D eigenvalue weighted by Gasteiger charge is -2.19. The number of rotatable bonds is 5. The highest BCUT2D eigenvalue weighted by atomic mass is 32.2. The molecular formula is C21H25NO3S2. The van der Waals surface area contributed by atoms with Crippen molar-refractivity contribution in [2.75, 3.05) is 0 Å². The summed E-state index contributed by atoms with van der Waals surface area (Å²) in [5.74, 6) is -0.353. The van der Waals surface area contributed by atoms with Crippen molar-refractivity contribution in [1.29, 1.82) is 0 Å². The average molecular weight is 404 g/mol. The van der Waals surface area contributed by atoms with Gasteiger partial charge in [0.25, 0.3) is 0 Å². The molecule has 2 aromatic rings. The largest absolute Gasteiger partial charge is 0.315 e. The van der Waals surface area contributed by atoms with Crippen LogP contribution in [0.3, 0.4) is 0 Å². The topological polar surface area (TPSA) is 63.2 Å². The lowest BCUT2D eigenvalue weighted by Crippen LogP contribution is -2.36. The number of amides is 1. The van der Waals surface area contributed by atoms with Crippen LogP contribution in [-0.2, 0) is 14.6 Å².